The van der Waals surface area contributed by atoms with Crippen molar-refractivity contribution in [3.8, 4) is 6.07 Å². The maximum atomic E-state index is 8.75. The van der Waals surface area contributed by atoms with Gasteiger partial charge >= 0.3 is 0 Å². The van der Waals surface area contributed by atoms with Crippen molar-refractivity contribution in [3.05, 3.63) is 52.6 Å². The molecule has 0 unspecified atom stereocenters. The summed E-state index contributed by atoms with van der Waals surface area (Å²) in [6, 6.07) is 13.2. The van der Waals surface area contributed by atoms with Gasteiger partial charge in [-0.2, -0.15) is 5.26 Å². The van der Waals surface area contributed by atoms with E-state index in [0.29, 0.717) is 11.4 Å². The van der Waals surface area contributed by atoms with Crippen LogP contribution in [0, 0.1) is 11.3 Å². The minimum atomic E-state index is 0.592. The smallest absolute Gasteiger partial charge is 0.131 e. The van der Waals surface area contributed by atoms with Crippen molar-refractivity contribution in [3.63, 3.8) is 0 Å². The van der Waals surface area contributed by atoms with Crippen molar-refractivity contribution in [1.82, 2.24) is 4.98 Å². The number of halogens is 1. The minimum absolute atomic E-state index is 0.592. The van der Waals surface area contributed by atoms with Gasteiger partial charge in [0.1, 0.15) is 5.82 Å². The van der Waals surface area contributed by atoms with Crippen LogP contribution in [-0.4, -0.2) is 4.98 Å². The van der Waals surface area contributed by atoms with Gasteiger partial charge in [-0.15, -0.1) is 0 Å². The van der Waals surface area contributed by atoms with E-state index in [1.54, 1.807) is 18.3 Å². The Morgan fingerprint density at radius 1 is 1.19 bits per heavy atom. The second-order valence-electron chi connectivity index (χ2n) is 3.17. The largest absolute Gasteiger partial charge is 0.340 e. The van der Waals surface area contributed by atoms with Crippen LogP contribution in [0.25, 0.3) is 0 Å². The Morgan fingerprint density at radius 2 is 1.94 bits per heavy atom. The molecule has 0 fully saturated rings. The Morgan fingerprint density at radius 3 is 2.62 bits per heavy atom. The highest BCUT2D eigenvalue weighted by Crippen LogP contribution is 2.18. The average molecular weight is 274 g/mol. The van der Waals surface area contributed by atoms with Crippen LogP contribution < -0.4 is 5.32 Å². The van der Waals surface area contributed by atoms with E-state index in [2.05, 4.69) is 32.3 Å². The number of benzene rings is 1. The minimum Gasteiger partial charge on any atom is -0.340 e. The van der Waals surface area contributed by atoms with E-state index in [1.165, 1.54) is 0 Å². The van der Waals surface area contributed by atoms with Gasteiger partial charge in [0.05, 0.1) is 11.6 Å². The molecule has 3 nitrogen and oxygen atoms in total. The van der Waals surface area contributed by atoms with Crippen molar-refractivity contribution < 1.29 is 0 Å². The van der Waals surface area contributed by atoms with Crippen LogP contribution in [-0.2, 0) is 0 Å². The number of nitrogens with one attached hydrogen (secondary N) is 1. The van der Waals surface area contributed by atoms with Gasteiger partial charge in [-0.25, -0.2) is 4.98 Å². The molecule has 0 atom stereocenters. The standard InChI is InChI=1S/C12H8BrN3/c13-10-1-3-11(4-2-10)16-12-7-9(8-14)5-6-15-12/h1-7H,(H,15,16). The zero-order valence-electron chi connectivity index (χ0n) is 8.31. The average Bonchev–Trinajstić information content (AvgIpc) is 2.32. The molecule has 16 heavy (non-hydrogen) atoms. The van der Waals surface area contributed by atoms with E-state index in [0.717, 1.165) is 10.2 Å². The lowest BCUT2D eigenvalue weighted by Gasteiger charge is -2.05. The van der Waals surface area contributed by atoms with Crippen LogP contribution in [0.15, 0.2) is 47.1 Å². The third-order valence-corrected chi connectivity index (χ3v) is 2.53. The number of hydrogen-bond acceptors (Lipinski definition) is 3. The summed E-state index contributed by atoms with van der Waals surface area (Å²) >= 11 is 3.37. The molecule has 1 N–H and O–H groups in total. The van der Waals surface area contributed by atoms with E-state index in [1.807, 2.05) is 24.3 Å². The molecule has 78 valence electrons. The van der Waals surface area contributed by atoms with Gasteiger partial charge in [0, 0.05) is 16.4 Å². The lowest BCUT2D eigenvalue weighted by atomic mass is 10.3. The molecule has 4 heteroatoms. The van der Waals surface area contributed by atoms with E-state index >= 15 is 0 Å². The molecule has 0 aliphatic carbocycles. The molecule has 0 spiro atoms. The number of hydrogen-bond donors (Lipinski definition) is 1. The maximum Gasteiger partial charge on any atom is 0.131 e. The van der Waals surface area contributed by atoms with Gasteiger partial charge in [0.25, 0.3) is 0 Å². The molecule has 1 aromatic carbocycles. The molecule has 0 bridgehead atoms. The SMILES string of the molecule is N#Cc1ccnc(Nc2ccc(Br)cc2)c1. The van der Waals surface area contributed by atoms with Crippen molar-refractivity contribution in [2.75, 3.05) is 5.32 Å². The molecule has 0 radical (unpaired) electrons. The van der Waals surface area contributed by atoms with Crippen LogP contribution in [0.5, 0.6) is 0 Å². The van der Waals surface area contributed by atoms with Crippen molar-refractivity contribution >= 4 is 27.4 Å². The Kier molecular flexibility index (Phi) is 3.18. The third kappa shape index (κ3) is 2.59. The fourth-order valence-electron chi connectivity index (χ4n) is 1.25. The normalized spacial score (nSPS) is 9.50. The van der Waals surface area contributed by atoms with Crippen LogP contribution in [0.1, 0.15) is 5.56 Å². The van der Waals surface area contributed by atoms with Gasteiger partial charge < -0.3 is 5.32 Å². The van der Waals surface area contributed by atoms with E-state index in [4.69, 9.17) is 5.26 Å². The van der Waals surface area contributed by atoms with Gasteiger partial charge in [0.2, 0.25) is 0 Å². The number of anilines is 2. The molecular formula is C12H8BrN3. The quantitative estimate of drug-likeness (QED) is 0.912. The summed E-state index contributed by atoms with van der Waals surface area (Å²) < 4.78 is 1.02. The second-order valence-corrected chi connectivity index (χ2v) is 4.09. The summed E-state index contributed by atoms with van der Waals surface area (Å²) in [5.74, 6) is 0.668. The summed E-state index contributed by atoms with van der Waals surface area (Å²) in [5.41, 5.74) is 1.53. The lowest BCUT2D eigenvalue weighted by Crippen LogP contribution is -1.93. The van der Waals surface area contributed by atoms with E-state index in [9.17, 15) is 0 Å². The zero-order valence-corrected chi connectivity index (χ0v) is 9.90. The van der Waals surface area contributed by atoms with E-state index < -0.39 is 0 Å². The maximum absolute atomic E-state index is 8.75. The number of rotatable bonds is 2. The summed E-state index contributed by atoms with van der Waals surface area (Å²) in [5, 5.41) is 11.9. The van der Waals surface area contributed by atoms with Crippen LogP contribution in [0.2, 0.25) is 0 Å². The van der Waals surface area contributed by atoms with E-state index in [-0.39, 0.29) is 0 Å². The van der Waals surface area contributed by atoms with Crippen LogP contribution >= 0.6 is 15.9 Å². The monoisotopic (exact) mass is 273 g/mol. The van der Waals surface area contributed by atoms with Crippen molar-refractivity contribution in [2.24, 2.45) is 0 Å². The van der Waals surface area contributed by atoms with Gasteiger partial charge in [0.15, 0.2) is 0 Å². The number of nitrogens with zero attached hydrogens (tertiary/aromatic N) is 2. The Bertz CT molecular complexity index is 529. The zero-order chi connectivity index (χ0) is 11.4. The van der Waals surface area contributed by atoms with Crippen LogP contribution in [0.4, 0.5) is 11.5 Å². The topological polar surface area (TPSA) is 48.7 Å². The molecule has 0 aliphatic heterocycles. The first kappa shape index (κ1) is 10.7. The first-order valence-corrected chi connectivity index (χ1v) is 5.46. The Balaban J connectivity index is 2.21. The highest BCUT2D eigenvalue weighted by molar-refractivity contribution is 9.10. The molecule has 2 rings (SSSR count). The number of aromatic nitrogens is 1. The van der Waals surface area contributed by atoms with Crippen molar-refractivity contribution in [2.45, 2.75) is 0 Å². The molecule has 0 saturated heterocycles. The van der Waals surface area contributed by atoms with Gasteiger partial charge in [-0.3, -0.25) is 0 Å². The number of pyridine rings is 1. The van der Waals surface area contributed by atoms with Crippen LogP contribution in [0.3, 0.4) is 0 Å². The highest BCUT2D eigenvalue weighted by Gasteiger charge is 1.97. The fourth-order valence-corrected chi connectivity index (χ4v) is 1.51. The second kappa shape index (κ2) is 4.77. The van der Waals surface area contributed by atoms with Gasteiger partial charge in [-0.05, 0) is 36.4 Å². The molecule has 0 amide bonds. The Hall–Kier alpha value is -1.86. The lowest BCUT2D eigenvalue weighted by molar-refractivity contribution is 1.29. The third-order valence-electron chi connectivity index (χ3n) is 2.01. The predicted octanol–water partition coefficient (Wildman–Crippen LogP) is 3.46. The van der Waals surface area contributed by atoms with Crippen molar-refractivity contribution in [1.29, 1.82) is 5.26 Å². The molecular weight excluding hydrogens is 266 g/mol. The molecule has 2 aromatic rings. The first-order valence-electron chi connectivity index (χ1n) is 4.67. The first-order chi connectivity index (χ1) is 7.78. The molecule has 0 aliphatic rings. The molecule has 1 aromatic heterocycles. The summed E-state index contributed by atoms with van der Waals surface area (Å²) in [6.45, 7) is 0. The molecule has 0 saturated carbocycles. The number of nitriles is 1. The highest BCUT2D eigenvalue weighted by atomic mass is 79.9. The summed E-state index contributed by atoms with van der Waals surface area (Å²) in [7, 11) is 0. The fraction of sp³-hybridized carbons (Fsp3) is 0. The van der Waals surface area contributed by atoms with Gasteiger partial charge in [-0.1, -0.05) is 15.9 Å². The summed E-state index contributed by atoms with van der Waals surface area (Å²) in [4.78, 5) is 4.13. The molecule has 1 heterocycles. The predicted molar refractivity (Wildman–Crippen MR) is 66.4 cm³/mol. The Labute approximate surface area is 102 Å². The summed E-state index contributed by atoms with van der Waals surface area (Å²) in [6.07, 6.45) is 1.61.